The van der Waals surface area contributed by atoms with Crippen molar-refractivity contribution in [1.29, 1.82) is 0 Å². The van der Waals surface area contributed by atoms with Gasteiger partial charge in [0, 0.05) is 25.2 Å². The van der Waals surface area contributed by atoms with Gasteiger partial charge in [0.15, 0.2) is 0 Å². The molecule has 174 valence electrons. The fourth-order valence-corrected chi connectivity index (χ4v) is 4.25. The Hall–Kier alpha value is -3.69. The van der Waals surface area contributed by atoms with E-state index in [4.69, 9.17) is 4.74 Å². The highest BCUT2D eigenvalue weighted by Gasteiger charge is 2.35. The first-order chi connectivity index (χ1) is 15.9. The standard InChI is InChI=1S/C23H27N5O5/c1-3-33-22(32)14-6-8-15(9-7-14)24-20(30)16-11-17(29)25-19-18(16)21(31)27-23(26-19)28-10-4-5-13(2)12-28/h6-9,13,16H,3-5,10-12H2,1-2H3,(H,24,30)(H2,25,26,27,29,31)/t13-,16-/m1/s1. The van der Waals surface area contributed by atoms with Gasteiger partial charge in [-0.1, -0.05) is 6.92 Å². The summed E-state index contributed by atoms with van der Waals surface area (Å²) in [5, 5.41) is 5.36. The Labute approximate surface area is 190 Å². The van der Waals surface area contributed by atoms with Crippen LogP contribution in [-0.4, -0.2) is 47.4 Å². The summed E-state index contributed by atoms with van der Waals surface area (Å²) in [6.45, 7) is 5.66. The van der Waals surface area contributed by atoms with Crippen molar-refractivity contribution in [3.63, 3.8) is 0 Å². The van der Waals surface area contributed by atoms with Crippen LogP contribution in [0.5, 0.6) is 0 Å². The number of amides is 2. The van der Waals surface area contributed by atoms with Gasteiger partial charge in [-0.05, 0) is 49.9 Å². The molecule has 2 amide bonds. The second kappa shape index (κ2) is 9.43. The number of carbonyl (C=O) groups excluding carboxylic acids is 3. The van der Waals surface area contributed by atoms with E-state index in [-0.39, 0.29) is 30.3 Å². The van der Waals surface area contributed by atoms with Crippen LogP contribution < -0.4 is 21.1 Å². The molecule has 0 saturated carbocycles. The van der Waals surface area contributed by atoms with E-state index in [0.29, 0.717) is 23.1 Å². The summed E-state index contributed by atoms with van der Waals surface area (Å²) < 4.78 is 4.95. The predicted octanol–water partition coefficient (Wildman–Crippen LogP) is 2.25. The average molecular weight is 453 g/mol. The molecule has 3 N–H and O–H groups in total. The molecule has 0 bridgehead atoms. The number of aromatic amines is 1. The molecule has 3 heterocycles. The number of piperidine rings is 1. The molecule has 1 saturated heterocycles. The number of nitrogens with zero attached hydrogens (tertiary/aromatic N) is 2. The number of anilines is 3. The maximum Gasteiger partial charge on any atom is 0.338 e. The van der Waals surface area contributed by atoms with Crippen molar-refractivity contribution in [2.24, 2.45) is 5.92 Å². The maximum atomic E-state index is 13.0. The first-order valence-corrected chi connectivity index (χ1v) is 11.1. The summed E-state index contributed by atoms with van der Waals surface area (Å²) in [7, 11) is 0. The Balaban J connectivity index is 1.56. The number of H-pyrrole nitrogens is 1. The van der Waals surface area contributed by atoms with Crippen molar-refractivity contribution in [3.8, 4) is 0 Å². The number of hydrogen-bond donors (Lipinski definition) is 3. The fourth-order valence-electron chi connectivity index (χ4n) is 4.25. The van der Waals surface area contributed by atoms with Crippen LogP contribution in [-0.2, 0) is 14.3 Å². The number of rotatable bonds is 5. The summed E-state index contributed by atoms with van der Waals surface area (Å²) in [5.41, 5.74) is 0.497. The molecule has 10 heteroatoms. The van der Waals surface area contributed by atoms with Crippen molar-refractivity contribution < 1.29 is 19.1 Å². The molecule has 10 nitrogen and oxygen atoms in total. The van der Waals surface area contributed by atoms with Crippen LogP contribution in [0.25, 0.3) is 0 Å². The number of hydrogen-bond acceptors (Lipinski definition) is 7. The van der Waals surface area contributed by atoms with Crippen LogP contribution in [0.1, 0.15) is 54.9 Å². The fraction of sp³-hybridized carbons (Fsp3) is 0.435. The van der Waals surface area contributed by atoms with E-state index >= 15 is 0 Å². The highest BCUT2D eigenvalue weighted by atomic mass is 16.5. The molecular weight excluding hydrogens is 426 g/mol. The monoisotopic (exact) mass is 453 g/mol. The molecule has 1 aromatic carbocycles. The largest absolute Gasteiger partial charge is 0.462 e. The van der Waals surface area contributed by atoms with Crippen LogP contribution in [0.15, 0.2) is 29.1 Å². The van der Waals surface area contributed by atoms with Gasteiger partial charge in [-0.2, -0.15) is 4.98 Å². The van der Waals surface area contributed by atoms with Gasteiger partial charge in [-0.3, -0.25) is 19.4 Å². The zero-order valence-electron chi connectivity index (χ0n) is 18.6. The quantitative estimate of drug-likeness (QED) is 0.591. The Morgan fingerprint density at radius 2 is 2.00 bits per heavy atom. The summed E-state index contributed by atoms with van der Waals surface area (Å²) in [6, 6.07) is 6.21. The Kier molecular flexibility index (Phi) is 6.43. The van der Waals surface area contributed by atoms with Gasteiger partial charge in [-0.15, -0.1) is 0 Å². The van der Waals surface area contributed by atoms with Gasteiger partial charge in [0.1, 0.15) is 5.82 Å². The topological polar surface area (TPSA) is 133 Å². The minimum Gasteiger partial charge on any atom is -0.462 e. The van der Waals surface area contributed by atoms with E-state index in [1.165, 1.54) is 12.1 Å². The van der Waals surface area contributed by atoms with Gasteiger partial charge in [0.25, 0.3) is 5.56 Å². The van der Waals surface area contributed by atoms with Crippen molar-refractivity contribution >= 4 is 35.2 Å². The highest BCUT2D eigenvalue weighted by molar-refractivity contribution is 6.04. The maximum absolute atomic E-state index is 13.0. The molecule has 0 aliphatic carbocycles. The number of nitrogens with one attached hydrogen (secondary N) is 3. The van der Waals surface area contributed by atoms with Crippen molar-refractivity contribution in [2.75, 3.05) is 35.2 Å². The highest BCUT2D eigenvalue weighted by Crippen LogP contribution is 2.31. The number of esters is 1. The molecule has 0 radical (unpaired) electrons. The normalized spacial score (nSPS) is 19.9. The van der Waals surface area contributed by atoms with Crippen LogP contribution >= 0.6 is 0 Å². The molecule has 2 aromatic rings. The third kappa shape index (κ3) is 4.89. The summed E-state index contributed by atoms with van der Waals surface area (Å²) in [5.74, 6) is -1.31. The van der Waals surface area contributed by atoms with Gasteiger partial charge in [-0.25, -0.2) is 4.79 Å². The molecule has 0 spiro atoms. The average Bonchev–Trinajstić information content (AvgIpc) is 2.78. The van der Waals surface area contributed by atoms with Crippen molar-refractivity contribution in [2.45, 2.75) is 39.0 Å². The number of benzene rings is 1. The van der Waals surface area contributed by atoms with Gasteiger partial charge in [0.05, 0.1) is 23.7 Å². The minimum absolute atomic E-state index is 0.126. The number of aromatic nitrogens is 2. The Bertz CT molecular complexity index is 1130. The van der Waals surface area contributed by atoms with E-state index in [1.54, 1.807) is 19.1 Å². The number of ether oxygens (including phenoxy) is 1. The smallest absolute Gasteiger partial charge is 0.338 e. The lowest BCUT2D eigenvalue weighted by molar-refractivity contribution is -0.123. The Morgan fingerprint density at radius 3 is 2.70 bits per heavy atom. The molecule has 33 heavy (non-hydrogen) atoms. The summed E-state index contributed by atoms with van der Waals surface area (Å²) in [6.07, 6.45) is 1.95. The van der Waals surface area contributed by atoms with Crippen molar-refractivity contribution in [1.82, 2.24) is 9.97 Å². The minimum atomic E-state index is -0.982. The summed E-state index contributed by atoms with van der Waals surface area (Å²) >= 11 is 0. The lowest BCUT2D eigenvalue weighted by atomic mass is 9.92. The number of carbonyl (C=O) groups is 3. The second-order valence-electron chi connectivity index (χ2n) is 8.44. The molecule has 2 aliphatic heterocycles. The van der Waals surface area contributed by atoms with Crippen LogP contribution in [0.3, 0.4) is 0 Å². The zero-order valence-corrected chi connectivity index (χ0v) is 18.6. The first-order valence-electron chi connectivity index (χ1n) is 11.1. The predicted molar refractivity (Wildman–Crippen MR) is 122 cm³/mol. The lowest BCUT2D eigenvalue weighted by Crippen LogP contribution is -2.40. The lowest BCUT2D eigenvalue weighted by Gasteiger charge is -2.32. The zero-order chi connectivity index (χ0) is 23.5. The van der Waals surface area contributed by atoms with Crippen LogP contribution in [0.4, 0.5) is 17.5 Å². The van der Waals surface area contributed by atoms with E-state index in [9.17, 15) is 19.2 Å². The molecule has 2 aliphatic rings. The van der Waals surface area contributed by atoms with Gasteiger partial charge < -0.3 is 20.3 Å². The Morgan fingerprint density at radius 1 is 1.24 bits per heavy atom. The molecule has 4 rings (SSSR count). The van der Waals surface area contributed by atoms with E-state index in [0.717, 1.165) is 25.9 Å². The molecule has 1 fully saturated rings. The molecule has 2 atom stereocenters. The number of fused-ring (bicyclic) bond motifs is 1. The van der Waals surface area contributed by atoms with Crippen LogP contribution in [0, 0.1) is 5.92 Å². The van der Waals surface area contributed by atoms with E-state index in [2.05, 4.69) is 27.5 Å². The van der Waals surface area contributed by atoms with Gasteiger partial charge in [0.2, 0.25) is 17.8 Å². The van der Waals surface area contributed by atoms with E-state index < -0.39 is 23.4 Å². The molecular formula is C23H27N5O5. The molecule has 1 aromatic heterocycles. The van der Waals surface area contributed by atoms with E-state index in [1.807, 2.05) is 4.90 Å². The third-order valence-electron chi connectivity index (χ3n) is 5.88. The van der Waals surface area contributed by atoms with Crippen molar-refractivity contribution in [3.05, 3.63) is 45.7 Å². The van der Waals surface area contributed by atoms with Gasteiger partial charge >= 0.3 is 5.97 Å². The second-order valence-corrected chi connectivity index (χ2v) is 8.44. The SMILES string of the molecule is CCOC(=O)c1ccc(NC(=O)[C@@H]2CC(=O)Nc3nc(N4CCC[C@@H](C)C4)[nH]c(=O)c32)cc1. The first kappa shape index (κ1) is 22.5. The van der Waals surface area contributed by atoms with Crippen LogP contribution in [0.2, 0.25) is 0 Å². The summed E-state index contributed by atoms with van der Waals surface area (Å²) in [4.78, 5) is 59.3. The molecule has 0 unspecified atom stereocenters. The third-order valence-corrected chi connectivity index (χ3v) is 5.88.